The fraction of sp³-hybridized carbons (Fsp3) is 0.529. The lowest BCUT2D eigenvalue weighted by Crippen LogP contribution is -2.49. The number of benzene rings is 1. The molecule has 2 aliphatic heterocycles. The Kier molecular flexibility index (Phi) is 4.16. The molecule has 118 valence electrons. The Morgan fingerprint density at radius 1 is 1.36 bits per heavy atom. The van der Waals surface area contributed by atoms with Gasteiger partial charge < -0.3 is 15.5 Å². The highest BCUT2D eigenvalue weighted by atomic mass is 16.2. The quantitative estimate of drug-likeness (QED) is 0.872. The molecule has 2 amide bonds. The molecule has 0 aromatic heterocycles. The third-order valence-electron chi connectivity index (χ3n) is 4.79. The zero-order valence-electron chi connectivity index (χ0n) is 13.2. The van der Waals surface area contributed by atoms with Gasteiger partial charge in [-0.3, -0.25) is 9.59 Å². The van der Waals surface area contributed by atoms with E-state index in [1.54, 1.807) is 4.90 Å². The van der Waals surface area contributed by atoms with Crippen LogP contribution in [0.25, 0.3) is 0 Å². The summed E-state index contributed by atoms with van der Waals surface area (Å²) in [4.78, 5) is 26.3. The first kappa shape index (κ1) is 15.0. The van der Waals surface area contributed by atoms with Crippen LogP contribution in [0.15, 0.2) is 18.2 Å². The Morgan fingerprint density at radius 2 is 2.14 bits per heavy atom. The molecule has 5 nitrogen and oxygen atoms in total. The number of hydrogen-bond donors (Lipinski definition) is 2. The maximum Gasteiger partial charge on any atom is 0.227 e. The molecule has 0 saturated carbocycles. The summed E-state index contributed by atoms with van der Waals surface area (Å²) >= 11 is 0. The van der Waals surface area contributed by atoms with E-state index in [9.17, 15) is 9.59 Å². The van der Waals surface area contributed by atoms with Crippen LogP contribution >= 0.6 is 0 Å². The first-order chi connectivity index (χ1) is 10.6. The first-order valence-electron chi connectivity index (χ1n) is 7.91. The SMILES string of the molecule is Cc1cccc(N2CC(C(=O)NCC3CNC3)CC2=O)c1C. The predicted octanol–water partition coefficient (Wildman–Crippen LogP) is 0.992. The molecule has 1 aromatic carbocycles. The van der Waals surface area contributed by atoms with Crippen LogP contribution in [0.1, 0.15) is 17.5 Å². The van der Waals surface area contributed by atoms with Crippen LogP contribution in [0.4, 0.5) is 5.69 Å². The van der Waals surface area contributed by atoms with E-state index in [1.165, 1.54) is 0 Å². The van der Waals surface area contributed by atoms with Crippen molar-refractivity contribution < 1.29 is 9.59 Å². The van der Waals surface area contributed by atoms with Gasteiger partial charge in [0.15, 0.2) is 0 Å². The molecule has 0 radical (unpaired) electrons. The van der Waals surface area contributed by atoms with Crippen molar-refractivity contribution in [2.75, 3.05) is 31.1 Å². The molecule has 1 aromatic rings. The Bertz CT molecular complexity index is 596. The lowest BCUT2D eigenvalue weighted by molar-refractivity contribution is -0.126. The van der Waals surface area contributed by atoms with Gasteiger partial charge in [-0.05, 0) is 31.0 Å². The van der Waals surface area contributed by atoms with Gasteiger partial charge in [-0.2, -0.15) is 0 Å². The van der Waals surface area contributed by atoms with Crippen LogP contribution in [-0.2, 0) is 9.59 Å². The minimum Gasteiger partial charge on any atom is -0.355 e. The van der Waals surface area contributed by atoms with Crippen LogP contribution in [-0.4, -0.2) is 38.0 Å². The van der Waals surface area contributed by atoms with Gasteiger partial charge in [0.2, 0.25) is 11.8 Å². The van der Waals surface area contributed by atoms with Crippen molar-refractivity contribution in [2.45, 2.75) is 20.3 Å². The fourth-order valence-electron chi connectivity index (χ4n) is 3.03. The minimum atomic E-state index is -0.236. The third kappa shape index (κ3) is 2.86. The molecule has 3 rings (SSSR count). The third-order valence-corrected chi connectivity index (χ3v) is 4.79. The molecule has 0 aliphatic carbocycles. The van der Waals surface area contributed by atoms with Crippen molar-refractivity contribution in [3.05, 3.63) is 29.3 Å². The second kappa shape index (κ2) is 6.08. The molecule has 5 heteroatoms. The number of anilines is 1. The molecule has 2 aliphatic rings. The maximum absolute atomic E-state index is 12.3. The van der Waals surface area contributed by atoms with Crippen molar-refractivity contribution in [3.63, 3.8) is 0 Å². The number of rotatable bonds is 4. The lowest BCUT2D eigenvalue weighted by Gasteiger charge is -2.27. The normalized spacial score (nSPS) is 21.8. The summed E-state index contributed by atoms with van der Waals surface area (Å²) in [6.45, 7) is 7.19. The molecule has 1 atom stereocenters. The van der Waals surface area contributed by atoms with Crippen LogP contribution in [0.3, 0.4) is 0 Å². The van der Waals surface area contributed by atoms with E-state index in [2.05, 4.69) is 10.6 Å². The molecule has 0 spiro atoms. The van der Waals surface area contributed by atoms with Crippen LogP contribution in [0.2, 0.25) is 0 Å². The van der Waals surface area contributed by atoms with Crippen molar-refractivity contribution >= 4 is 17.5 Å². The highest BCUT2D eigenvalue weighted by molar-refractivity contribution is 6.00. The van der Waals surface area contributed by atoms with Gasteiger partial charge in [-0.15, -0.1) is 0 Å². The van der Waals surface area contributed by atoms with Crippen LogP contribution < -0.4 is 15.5 Å². The lowest BCUT2D eigenvalue weighted by atomic mass is 10.0. The van der Waals surface area contributed by atoms with E-state index >= 15 is 0 Å². The van der Waals surface area contributed by atoms with Crippen molar-refractivity contribution in [2.24, 2.45) is 11.8 Å². The number of nitrogens with zero attached hydrogens (tertiary/aromatic N) is 1. The summed E-state index contributed by atoms with van der Waals surface area (Å²) in [5, 5.41) is 6.18. The first-order valence-corrected chi connectivity index (χ1v) is 7.91. The smallest absolute Gasteiger partial charge is 0.227 e. The molecular weight excluding hydrogens is 278 g/mol. The molecule has 2 N–H and O–H groups in total. The Balaban J connectivity index is 1.64. The Morgan fingerprint density at radius 3 is 2.82 bits per heavy atom. The monoisotopic (exact) mass is 301 g/mol. The zero-order chi connectivity index (χ0) is 15.7. The van der Waals surface area contributed by atoms with E-state index in [1.807, 2.05) is 32.0 Å². The topological polar surface area (TPSA) is 61.4 Å². The number of aryl methyl sites for hydroxylation is 1. The molecule has 2 saturated heterocycles. The second-order valence-corrected chi connectivity index (χ2v) is 6.39. The second-order valence-electron chi connectivity index (χ2n) is 6.39. The summed E-state index contributed by atoms with van der Waals surface area (Å²) in [6.07, 6.45) is 0.308. The molecular formula is C17H23N3O2. The van der Waals surface area contributed by atoms with Gasteiger partial charge in [0.1, 0.15) is 0 Å². The van der Waals surface area contributed by atoms with Gasteiger partial charge in [0.25, 0.3) is 0 Å². The molecule has 2 heterocycles. The van der Waals surface area contributed by atoms with E-state index < -0.39 is 0 Å². The van der Waals surface area contributed by atoms with E-state index in [4.69, 9.17) is 0 Å². The zero-order valence-corrected chi connectivity index (χ0v) is 13.2. The van der Waals surface area contributed by atoms with Crippen molar-refractivity contribution in [3.8, 4) is 0 Å². The summed E-state index contributed by atoms with van der Waals surface area (Å²) < 4.78 is 0. The number of hydrogen-bond acceptors (Lipinski definition) is 3. The maximum atomic E-state index is 12.3. The number of carbonyl (C=O) groups excluding carboxylic acids is 2. The molecule has 22 heavy (non-hydrogen) atoms. The van der Waals surface area contributed by atoms with E-state index in [0.717, 1.165) is 29.9 Å². The molecule has 1 unspecified atom stereocenters. The Labute approximate surface area is 131 Å². The number of amides is 2. The summed E-state index contributed by atoms with van der Waals surface area (Å²) in [7, 11) is 0. The molecule has 0 bridgehead atoms. The standard InChI is InChI=1S/C17H23N3O2/c1-11-4-3-5-15(12(11)2)20-10-14(6-16(20)21)17(22)19-9-13-7-18-8-13/h3-5,13-14,18H,6-10H2,1-2H3,(H,19,22). The fourth-order valence-corrected chi connectivity index (χ4v) is 3.03. The predicted molar refractivity (Wildman–Crippen MR) is 85.7 cm³/mol. The van der Waals surface area contributed by atoms with Gasteiger partial charge in [0.05, 0.1) is 5.92 Å². The van der Waals surface area contributed by atoms with Crippen LogP contribution in [0, 0.1) is 25.7 Å². The highest BCUT2D eigenvalue weighted by Gasteiger charge is 2.36. The highest BCUT2D eigenvalue weighted by Crippen LogP contribution is 2.29. The van der Waals surface area contributed by atoms with Gasteiger partial charge in [0, 0.05) is 44.2 Å². The minimum absolute atomic E-state index is 0.00746. The summed E-state index contributed by atoms with van der Waals surface area (Å²) in [6, 6.07) is 5.96. The van der Waals surface area contributed by atoms with Crippen LogP contribution in [0.5, 0.6) is 0 Å². The average molecular weight is 301 g/mol. The van der Waals surface area contributed by atoms with Crippen molar-refractivity contribution in [1.82, 2.24) is 10.6 Å². The van der Waals surface area contributed by atoms with E-state index in [0.29, 0.717) is 25.4 Å². The van der Waals surface area contributed by atoms with Gasteiger partial charge in [-0.1, -0.05) is 12.1 Å². The van der Waals surface area contributed by atoms with E-state index in [-0.39, 0.29) is 17.7 Å². The largest absolute Gasteiger partial charge is 0.355 e. The number of nitrogens with one attached hydrogen (secondary N) is 2. The molecule has 2 fully saturated rings. The summed E-state index contributed by atoms with van der Waals surface area (Å²) in [5.41, 5.74) is 3.21. The number of carbonyl (C=O) groups is 2. The summed E-state index contributed by atoms with van der Waals surface area (Å²) in [5.74, 6) is 0.351. The van der Waals surface area contributed by atoms with Crippen molar-refractivity contribution in [1.29, 1.82) is 0 Å². The van der Waals surface area contributed by atoms with Gasteiger partial charge in [-0.25, -0.2) is 0 Å². The van der Waals surface area contributed by atoms with Gasteiger partial charge >= 0.3 is 0 Å². The average Bonchev–Trinajstić information content (AvgIpc) is 2.82. The Hall–Kier alpha value is -1.88.